The van der Waals surface area contributed by atoms with E-state index < -0.39 is 0 Å². The van der Waals surface area contributed by atoms with Gasteiger partial charge >= 0.3 is 0 Å². The number of carbonyl (C=O) groups is 1. The van der Waals surface area contributed by atoms with Crippen LogP contribution in [0.1, 0.15) is 26.7 Å². The minimum Gasteiger partial charge on any atom is -0.393 e. The Kier molecular flexibility index (Phi) is 7.95. The van der Waals surface area contributed by atoms with Crippen molar-refractivity contribution < 1.29 is 9.90 Å². The van der Waals surface area contributed by atoms with E-state index in [0.717, 1.165) is 6.42 Å². The quantitative estimate of drug-likeness (QED) is 0.513. The Hall–Kier alpha value is -0.870. The second kappa shape index (κ2) is 8.44. The highest BCUT2D eigenvalue weighted by Gasteiger charge is 2.10. The predicted molar refractivity (Wildman–Crippen MR) is 61.6 cm³/mol. The first kappa shape index (κ1) is 14.1. The fraction of sp³-hybridized carbons (Fsp3) is 0.727. The van der Waals surface area contributed by atoms with Crippen molar-refractivity contribution in [2.24, 2.45) is 0 Å². The highest BCUT2D eigenvalue weighted by atomic mass is 16.3. The summed E-state index contributed by atoms with van der Waals surface area (Å²) in [7, 11) is 0. The third kappa shape index (κ3) is 7.11. The van der Waals surface area contributed by atoms with Crippen LogP contribution in [-0.4, -0.2) is 36.2 Å². The highest BCUT2D eigenvalue weighted by molar-refractivity contribution is 5.81. The molecule has 0 saturated heterocycles. The summed E-state index contributed by atoms with van der Waals surface area (Å²) in [4.78, 5) is 11.4. The van der Waals surface area contributed by atoms with Crippen molar-refractivity contribution in [2.75, 3.05) is 13.1 Å². The summed E-state index contributed by atoms with van der Waals surface area (Å²) in [5.74, 6) is -0.0408. The molecule has 0 aromatic rings. The molecule has 0 fully saturated rings. The van der Waals surface area contributed by atoms with Gasteiger partial charge < -0.3 is 15.7 Å². The topological polar surface area (TPSA) is 61.4 Å². The van der Waals surface area contributed by atoms with Crippen LogP contribution in [0, 0.1) is 0 Å². The van der Waals surface area contributed by atoms with Crippen molar-refractivity contribution in [3.63, 3.8) is 0 Å². The Morgan fingerprint density at radius 3 is 2.80 bits per heavy atom. The van der Waals surface area contributed by atoms with E-state index in [1.165, 1.54) is 0 Å². The van der Waals surface area contributed by atoms with E-state index in [4.69, 9.17) is 0 Å². The number of hydrogen-bond acceptors (Lipinski definition) is 3. The van der Waals surface area contributed by atoms with Crippen molar-refractivity contribution in [2.45, 2.75) is 38.8 Å². The van der Waals surface area contributed by atoms with Crippen LogP contribution < -0.4 is 10.6 Å². The molecule has 0 aliphatic carbocycles. The summed E-state index contributed by atoms with van der Waals surface area (Å²) >= 11 is 0. The lowest BCUT2D eigenvalue weighted by Gasteiger charge is -2.14. The van der Waals surface area contributed by atoms with Gasteiger partial charge in [-0.15, -0.1) is 6.58 Å². The average molecular weight is 214 g/mol. The fourth-order valence-electron chi connectivity index (χ4n) is 1.09. The monoisotopic (exact) mass is 214 g/mol. The first-order valence-electron chi connectivity index (χ1n) is 5.41. The van der Waals surface area contributed by atoms with E-state index in [9.17, 15) is 9.90 Å². The molecule has 0 radical (unpaired) electrons. The van der Waals surface area contributed by atoms with Crippen molar-refractivity contribution in [3.05, 3.63) is 12.7 Å². The molecule has 0 spiro atoms. The van der Waals surface area contributed by atoms with Crippen LogP contribution in [-0.2, 0) is 4.79 Å². The fourth-order valence-corrected chi connectivity index (χ4v) is 1.09. The second-order valence-corrected chi connectivity index (χ2v) is 3.56. The number of amides is 1. The third-order valence-corrected chi connectivity index (χ3v) is 2.21. The van der Waals surface area contributed by atoms with Crippen LogP contribution in [0.15, 0.2) is 12.7 Å². The summed E-state index contributed by atoms with van der Waals surface area (Å²) in [5, 5.41) is 15.0. The maximum absolute atomic E-state index is 11.4. The van der Waals surface area contributed by atoms with Crippen LogP contribution in [0.2, 0.25) is 0 Å². The Morgan fingerprint density at radius 1 is 1.60 bits per heavy atom. The van der Waals surface area contributed by atoms with E-state index in [2.05, 4.69) is 17.2 Å². The number of nitrogens with one attached hydrogen (secondary N) is 2. The minimum atomic E-state index is -0.277. The van der Waals surface area contributed by atoms with Gasteiger partial charge in [0.1, 0.15) is 0 Å². The van der Waals surface area contributed by atoms with Gasteiger partial charge in [-0.25, -0.2) is 0 Å². The molecule has 88 valence electrons. The summed E-state index contributed by atoms with van der Waals surface area (Å²) in [6.07, 6.45) is 2.79. The number of aliphatic hydroxyl groups is 1. The van der Waals surface area contributed by atoms with E-state index >= 15 is 0 Å². The first-order valence-corrected chi connectivity index (χ1v) is 5.41. The molecule has 4 heteroatoms. The molecule has 0 saturated carbocycles. The number of hydrogen-bond donors (Lipinski definition) is 3. The second-order valence-electron chi connectivity index (χ2n) is 3.56. The molecule has 0 aromatic carbocycles. The lowest BCUT2D eigenvalue weighted by atomic mass is 10.2. The summed E-state index contributed by atoms with van der Waals surface area (Å²) in [6.45, 7) is 8.40. The van der Waals surface area contributed by atoms with Crippen molar-refractivity contribution in [1.82, 2.24) is 10.6 Å². The summed E-state index contributed by atoms with van der Waals surface area (Å²) in [5.41, 5.74) is 0. The van der Waals surface area contributed by atoms with Gasteiger partial charge in [0.25, 0.3) is 0 Å². The summed E-state index contributed by atoms with van der Waals surface area (Å²) in [6, 6.07) is -0.228. The third-order valence-electron chi connectivity index (χ3n) is 2.21. The molecule has 0 aromatic heterocycles. The highest BCUT2D eigenvalue weighted by Crippen LogP contribution is 1.95. The van der Waals surface area contributed by atoms with Crippen LogP contribution in [0.5, 0.6) is 0 Å². The van der Waals surface area contributed by atoms with Gasteiger partial charge in [0.2, 0.25) is 5.91 Å². The number of carbonyl (C=O) groups excluding carboxylic acids is 1. The van der Waals surface area contributed by atoms with Gasteiger partial charge in [0, 0.05) is 6.54 Å². The van der Waals surface area contributed by atoms with Crippen LogP contribution in [0.4, 0.5) is 0 Å². The molecule has 2 unspecified atom stereocenters. The van der Waals surface area contributed by atoms with Crippen molar-refractivity contribution in [3.8, 4) is 0 Å². The van der Waals surface area contributed by atoms with Gasteiger partial charge in [0.05, 0.1) is 12.1 Å². The van der Waals surface area contributed by atoms with Crippen LogP contribution in [0.3, 0.4) is 0 Å². The molecule has 0 aliphatic heterocycles. The Labute approximate surface area is 91.8 Å². The largest absolute Gasteiger partial charge is 0.393 e. The minimum absolute atomic E-state index is 0.0408. The van der Waals surface area contributed by atoms with E-state index in [1.807, 2.05) is 6.92 Å². The van der Waals surface area contributed by atoms with E-state index in [1.54, 1.807) is 13.0 Å². The molecule has 3 N–H and O–H groups in total. The molecule has 0 heterocycles. The molecular formula is C11H22N2O2. The molecular weight excluding hydrogens is 192 g/mol. The lowest BCUT2D eigenvalue weighted by Crippen LogP contribution is -2.43. The number of rotatable bonds is 8. The Morgan fingerprint density at radius 2 is 2.27 bits per heavy atom. The standard InChI is InChI=1S/C11H22N2O2/c1-4-7-13-11(15)9(3)12-8-6-10(14)5-2/h4,9-10,12,14H,1,5-8H2,2-3H3,(H,13,15). The predicted octanol–water partition coefficient (Wildman–Crippen LogP) is 0.428. The van der Waals surface area contributed by atoms with Gasteiger partial charge in [0.15, 0.2) is 0 Å². The van der Waals surface area contributed by atoms with Gasteiger partial charge in [-0.1, -0.05) is 13.0 Å². The van der Waals surface area contributed by atoms with Gasteiger partial charge in [-0.05, 0) is 26.3 Å². The van der Waals surface area contributed by atoms with E-state index in [0.29, 0.717) is 19.5 Å². The molecule has 15 heavy (non-hydrogen) atoms. The van der Waals surface area contributed by atoms with Gasteiger partial charge in [-0.3, -0.25) is 4.79 Å². The Balaban J connectivity index is 3.59. The van der Waals surface area contributed by atoms with Crippen molar-refractivity contribution in [1.29, 1.82) is 0 Å². The molecule has 4 nitrogen and oxygen atoms in total. The lowest BCUT2D eigenvalue weighted by molar-refractivity contribution is -0.122. The van der Waals surface area contributed by atoms with E-state index in [-0.39, 0.29) is 18.1 Å². The molecule has 0 aliphatic rings. The first-order chi connectivity index (χ1) is 7.11. The SMILES string of the molecule is C=CCNC(=O)C(C)NCCC(O)CC. The summed E-state index contributed by atoms with van der Waals surface area (Å²) < 4.78 is 0. The van der Waals surface area contributed by atoms with Crippen LogP contribution >= 0.6 is 0 Å². The zero-order valence-corrected chi connectivity index (χ0v) is 9.62. The average Bonchev–Trinajstić information content (AvgIpc) is 2.25. The Bertz CT molecular complexity index is 195. The maximum atomic E-state index is 11.4. The smallest absolute Gasteiger partial charge is 0.237 e. The molecule has 0 bridgehead atoms. The zero-order chi connectivity index (χ0) is 11.7. The van der Waals surface area contributed by atoms with Crippen LogP contribution in [0.25, 0.3) is 0 Å². The van der Waals surface area contributed by atoms with Gasteiger partial charge in [-0.2, -0.15) is 0 Å². The van der Waals surface area contributed by atoms with Crippen molar-refractivity contribution >= 4 is 5.91 Å². The normalized spacial score (nSPS) is 14.3. The molecule has 1 amide bonds. The zero-order valence-electron chi connectivity index (χ0n) is 9.62. The molecule has 2 atom stereocenters. The molecule has 0 rings (SSSR count). The maximum Gasteiger partial charge on any atom is 0.237 e. The number of aliphatic hydroxyl groups excluding tert-OH is 1.